The number of nitrogens with zero attached hydrogens (tertiary/aromatic N) is 1. The fraction of sp³-hybridized carbons (Fsp3) is 0.545. The molecule has 0 unspecified atom stereocenters. The van der Waals surface area contributed by atoms with Crippen LogP contribution in [0, 0.1) is 0 Å². The summed E-state index contributed by atoms with van der Waals surface area (Å²) in [5, 5.41) is 0. The Kier molecular flexibility index (Phi) is 9.51. The summed E-state index contributed by atoms with van der Waals surface area (Å²) in [6.07, 6.45) is 1.35. The fourth-order valence-electron chi connectivity index (χ4n) is 0.622. The summed E-state index contributed by atoms with van der Waals surface area (Å²) in [5.41, 5.74) is -0.185. The normalized spacial score (nSPS) is 9.07. The maximum Gasteiger partial charge on any atom is 0.286 e. The molecule has 0 saturated heterocycles. The van der Waals surface area contributed by atoms with Crippen molar-refractivity contribution >= 4 is 0 Å². The molecule has 0 aliphatic heterocycles. The lowest BCUT2D eigenvalue weighted by atomic mass is 10.2. The summed E-state index contributed by atoms with van der Waals surface area (Å²) < 4.78 is 24.8. The average molecular weight is 203 g/mol. The van der Waals surface area contributed by atoms with Gasteiger partial charge in [0.1, 0.15) is 5.69 Å². The molecule has 1 aromatic rings. The third-order valence-electron chi connectivity index (χ3n) is 1.11. The lowest BCUT2D eigenvalue weighted by Crippen LogP contribution is -2.08. The lowest BCUT2D eigenvalue weighted by molar-refractivity contribution is 0.0128. The van der Waals surface area contributed by atoms with E-state index in [1.54, 1.807) is 12.1 Å². The summed E-state index contributed by atoms with van der Waals surface area (Å²) >= 11 is 0. The molecule has 0 atom stereocenters. The van der Waals surface area contributed by atoms with E-state index in [4.69, 9.17) is 0 Å². The molecular formula is C11H19F2N. The summed E-state index contributed by atoms with van der Waals surface area (Å²) in [4.78, 5) is 3.50. The van der Waals surface area contributed by atoms with Crippen LogP contribution < -0.4 is 0 Å². The largest absolute Gasteiger partial charge is 0.286 e. The van der Waals surface area contributed by atoms with E-state index in [1.165, 1.54) is 12.3 Å². The van der Waals surface area contributed by atoms with Crippen LogP contribution in [0.2, 0.25) is 0 Å². The van der Waals surface area contributed by atoms with Gasteiger partial charge in [0.05, 0.1) is 0 Å². The Labute approximate surface area is 85.2 Å². The zero-order valence-corrected chi connectivity index (χ0v) is 9.51. The van der Waals surface area contributed by atoms with E-state index >= 15 is 0 Å². The van der Waals surface area contributed by atoms with E-state index in [2.05, 4.69) is 4.98 Å². The number of alkyl halides is 2. The summed E-state index contributed by atoms with van der Waals surface area (Å²) in [6.45, 7) is 8.83. The van der Waals surface area contributed by atoms with Gasteiger partial charge in [-0.2, -0.15) is 8.78 Å². The fourth-order valence-corrected chi connectivity index (χ4v) is 0.622. The molecule has 1 aromatic heterocycles. The van der Waals surface area contributed by atoms with E-state index in [1.807, 2.05) is 27.7 Å². The van der Waals surface area contributed by atoms with Crippen molar-refractivity contribution in [3.05, 3.63) is 30.1 Å². The molecule has 0 spiro atoms. The first-order valence-electron chi connectivity index (χ1n) is 4.90. The van der Waals surface area contributed by atoms with Gasteiger partial charge in [0.25, 0.3) is 5.92 Å². The van der Waals surface area contributed by atoms with Crippen LogP contribution in [0.25, 0.3) is 0 Å². The van der Waals surface area contributed by atoms with Crippen LogP contribution in [-0.4, -0.2) is 4.98 Å². The first-order valence-corrected chi connectivity index (χ1v) is 4.90. The zero-order chi connectivity index (χ0) is 11.6. The third-order valence-corrected chi connectivity index (χ3v) is 1.11. The molecule has 0 aliphatic carbocycles. The van der Waals surface area contributed by atoms with Crippen LogP contribution in [-0.2, 0) is 5.92 Å². The third kappa shape index (κ3) is 6.52. The van der Waals surface area contributed by atoms with Gasteiger partial charge < -0.3 is 0 Å². The van der Waals surface area contributed by atoms with Crippen LogP contribution in [0.3, 0.4) is 0 Å². The second-order valence-corrected chi connectivity index (χ2v) is 2.10. The van der Waals surface area contributed by atoms with Gasteiger partial charge in [-0.05, 0) is 12.1 Å². The summed E-state index contributed by atoms with van der Waals surface area (Å²) in [7, 11) is 0. The van der Waals surface area contributed by atoms with Gasteiger partial charge in [-0.1, -0.05) is 33.8 Å². The van der Waals surface area contributed by atoms with Crippen LogP contribution in [0.15, 0.2) is 24.4 Å². The van der Waals surface area contributed by atoms with E-state index in [0.717, 1.165) is 6.92 Å². The van der Waals surface area contributed by atoms with Crippen molar-refractivity contribution in [3.63, 3.8) is 0 Å². The Morgan fingerprint density at radius 2 is 1.57 bits per heavy atom. The molecule has 0 fully saturated rings. The second kappa shape index (κ2) is 8.60. The number of rotatable bonds is 1. The minimum absolute atomic E-state index is 0.185. The van der Waals surface area contributed by atoms with Crippen LogP contribution in [0.1, 0.15) is 40.3 Å². The van der Waals surface area contributed by atoms with Gasteiger partial charge >= 0.3 is 0 Å². The van der Waals surface area contributed by atoms with Crippen LogP contribution in [0.4, 0.5) is 8.78 Å². The van der Waals surface area contributed by atoms with Crippen molar-refractivity contribution in [1.82, 2.24) is 4.98 Å². The maximum absolute atomic E-state index is 12.4. The number of aromatic nitrogens is 1. The standard InChI is InChI=1S/C7H7F2N.2C2H6/c1-7(8,9)6-4-2-3-5-10-6;2*1-2/h2-5H,1H3;2*1-2H3. The highest BCUT2D eigenvalue weighted by Gasteiger charge is 2.24. The molecule has 14 heavy (non-hydrogen) atoms. The van der Waals surface area contributed by atoms with Gasteiger partial charge in [0.15, 0.2) is 0 Å². The monoisotopic (exact) mass is 203 g/mol. The molecule has 0 saturated carbocycles. The first kappa shape index (κ1) is 15.5. The van der Waals surface area contributed by atoms with Crippen molar-refractivity contribution < 1.29 is 8.78 Å². The molecule has 0 amide bonds. The second-order valence-electron chi connectivity index (χ2n) is 2.10. The Bertz CT molecular complexity index is 204. The zero-order valence-electron chi connectivity index (χ0n) is 9.51. The van der Waals surface area contributed by atoms with Gasteiger partial charge in [0, 0.05) is 13.1 Å². The average Bonchev–Trinajstić information content (AvgIpc) is 2.24. The van der Waals surface area contributed by atoms with Gasteiger partial charge in [-0.15, -0.1) is 0 Å². The van der Waals surface area contributed by atoms with Crippen LogP contribution >= 0.6 is 0 Å². The maximum atomic E-state index is 12.4. The molecule has 0 radical (unpaired) electrons. The molecule has 82 valence electrons. The van der Waals surface area contributed by atoms with Crippen molar-refractivity contribution in [3.8, 4) is 0 Å². The molecular weight excluding hydrogens is 184 g/mol. The van der Waals surface area contributed by atoms with E-state index < -0.39 is 5.92 Å². The van der Waals surface area contributed by atoms with Gasteiger partial charge in [0.2, 0.25) is 0 Å². The van der Waals surface area contributed by atoms with Crippen molar-refractivity contribution in [2.24, 2.45) is 0 Å². The van der Waals surface area contributed by atoms with Crippen molar-refractivity contribution in [1.29, 1.82) is 0 Å². The minimum Gasteiger partial charge on any atom is -0.255 e. The molecule has 0 N–H and O–H groups in total. The number of hydrogen-bond acceptors (Lipinski definition) is 1. The van der Waals surface area contributed by atoms with E-state index in [9.17, 15) is 8.78 Å². The number of halogens is 2. The first-order chi connectivity index (χ1) is 6.61. The van der Waals surface area contributed by atoms with Gasteiger partial charge in [-0.3, -0.25) is 4.98 Å². The lowest BCUT2D eigenvalue weighted by Gasteiger charge is -2.07. The predicted molar refractivity (Wildman–Crippen MR) is 56.5 cm³/mol. The van der Waals surface area contributed by atoms with Gasteiger partial charge in [-0.25, -0.2) is 0 Å². The molecule has 0 aromatic carbocycles. The quantitative estimate of drug-likeness (QED) is 0.665. The highest BCUT2D eigenvalue weighted by Crippen LogP contribution is 2.23. The Hall–Kier alpha value is -0.990. The van der Waals surface area contributed by atoms with E-state index in [0.29, 0.717) is 0 Å². The number of pyridine rings is 1. The minimum atomic E-state index is -2.82. The van der Waals surface area contributed by atoms with E-state index in [-0.39, 0.29) is 5.69 Å². The molecule has 1 heterocycles. The van der Waals surface area contributed by atoms with Crippen molar-refractivity contribution in [2.45, 2.75) is 40.5 Å². The molecule has 1 rings (SSSR count). The highest BCUT2D eigenvalue weighted by molar-refractivity contribution is 5.08. The summed E-state index contributed by atoms with van der Waals surface area (Å²) in [6, 6.07) is 4.45. The smallest absolute Gasteiger partial charge is 0.255 e. The van der Waals surface area contributed by atoms with Crippen molar-refractivity contribution in [2.75, 3.05) is 0 Å². The molecule has 1 nitrogen and oxygen atoms in total. The molecule has 0 bridgehead atoms. The highest BCUT2D eigenvalue weighted by atomic mass is 19.3. The summed E-state index contributed by atoms with van der Waals surface area (Å²) in [5.74, 6) is -2.82. The SMILES string of the molecule is CC.CC.CC(F)(F)c1ccccn1. The topological polar surface area (TPSA) is 12.9 Å². The Morgan fingerprint density at radius 1 is 1.07 bits per heavy atom. The number of hydrogen-bond donors (Lipinski definition) is 0. The molecule has 3 heteroatoms. The Morgan fingerprint density at radius 3 is 1.79 bits per heavy atom. The Balaban J connectivity index is 0. The predicted octanol–water partition coefficient (Wildman–Crippen LogP) is 4.25. The van der Waals surface area contributed by atoms with Crippen LogP contribution in [0.5, 0.6) is 0 Å². The molecule has 0 aliphatic rings.